The third kappa shape index (κ3) is 3.08. The molecule has 0 bridgehead atoms. The van der Waals surface area contributed by atoms with Crippen molar-refractivity contribution < 1.29 is 14.7 Å². The molecule has 2 aliphatic rings. The van der Waals surface area contributed by atoms with E-state index in [4.69, 9.17) is 10.5 Å². The summed E-state index contributed by atoms with van der Waals surface area (Å²) in [5, 5.41) is 14.0. The minimum absolute atomic E-state index is 0.449. The molecule has 0 radical (unpaired) electrons. The van der Waals surface area contributed by atoms with E-state index < -0.39 is 11.9 Å². The van der Waals surface area contributed by atoms with Crippen LogP contribution in [0.2, 0.25) is 0 Å². The first-order chi connectivity index (χ1) is 10.1. The van der Waals surface area contributed by atoms with Gasteiger partial charge in [-0.25, -0.2) is 0 Å². The molecule has 1 atom stereocenters. The zero-order chi connectivity index (χ0) is 14.8. The molecule has 6 nitrogen and oxygen atoms in total. The summed E-state index contributed by atoms with van der Waals surface area (Å²) >= 11 is 0. The summed E-state index contributed by atoms with van der Waals surface area (Å²) in [5.41, 5.74) is 8.33. The van der Waals surface area contributed by atoms with Gasteiger partial charge in [0.25, 0.3) is 5.91 Å². The topological polar surface area (TPSA) is 87.8 Å². The number of rotatable bonds is 3. The van der Waals surface area contributed by atoms with Crippen molar-refractivity contribution in [2.75, 3.05) is 18.3 Å². The number of fused-ring (bicyclic) bond motifs is 1. The number of amides is 1. The van der Waals surface area contributed by atoms with Gasteiger partial charge in [0.15, 0.2) is 0 Å². The van der Waals surface area contributed by atoms with Crippen LogP contribution in [0.15, 0.2) is 18.2 Å². The van der Waals surface area contributed by atoms with Crippen LogP contribution < -0.4 is 16.1 Å². The number of carbonyl (C=O) groups excluding carboxylic acids is 1. The Labute approximate surface area is 123 Å². The number of hydrogen-bond acceptors (Lipinski definition) is 5. The largest absolute Gasteiger partial charge is 0.381 e. The van der Waals surface area contributed by atoms with Gasteiger partial charge < -0.3 is 15.8 Å². The van der Waals surface area contributed by atoms with Crippen LogP contribution in [0.5, 0.6) is 0 Å². The van der Waals surface area contributed by atoms with Gasteiger partial charge in [-0.05, 0) is 36.5 Å². The zero-order valence-corrected chi connectivity index (χ0v) is 11.9. The minimum Gasteiger partial charge on any atom is -0.381 e. The van der Waals surface area contributed by atoms with Gasteiger partial charge in [-0.1, -0.05) is 12.1 Å². The molecule has 1 aromatic rings. The zero-order valence-electron chi connectivity index (χ0n) is 11.9. The van der Waals surface area contributed by atoms with Crippen molar-refractivity contribution in [3.05, 3.63) is 29.3 Å². The monoisotopic (exact) mass is 291 g/mol. The average molecular weight is 291 g/mol. The number of nitrogens with one attached hydrogen (secondary N) is 1. The van der Waals surface area contributed by atoms with Crippen LogP contribution in [0.1, 0.15) is 24.0 Å². The first-order valence-corrected chi connectivity index (χ1v) is 7.36. The third-order valence-corrected chi connectivity index (χ3v) is 4.15. The minimum atomic E-state index is -0.666. The highest BCUT2D eigenvalue weighted by Gasteiger charge is 2.29. The molecule has 1 fully saturated rings. The van der Waals surface area contributed by atoms with Gasteiger partial charge in [0.2, 0.25) is 0 Å². The second-order valence-corrected chi connectivity index (χ2v) is 5.69. The fourth-order valence-electron chi connectivity index (χ4n) is 2.88. The molecule has 0 saturated carbocycles. The van der Waals surface area contributed by atoms with Crippen LogP contribution in [0.25, 0.3) is 0 Å². The molecule has 4 N–H and O–H groups in total. The number of hydroxylamine groups is 1. The Bertz CT molecular complexity index is 529. The van der Waals surface area contributed by atoms with Crippen molar-refractivity contribution in [2.45, 2.75) is 37.9 Å². The standard InChI is InChI=1S/C15H21N3O3/c16-13-8-11-7-10(1-2-14(11)18(20)15(13)19)9-17-12-3-5-21-6-4-12/h1-2,7,12-13,17,20H,3-6,8-9,16H2/t13-/m0/s1. The predicted octanol–water partition coefficient (Wildman–Crippen LogP) is 0.561. The third-order valence-electron chi connectivity index (χ3n) is 4.15. The van der Waals surface area contributed by atoms with Gasteiger partial charge in [-0.2, -0.15) is 5.06 Å². The number of anilines is 1. The number of nitrogens with two attached hydrogens (primary N) is 1. The van der Waals surface area contributed by atoms with E-state index in [0.717, 1.165) is 43.7 Å². The Morgan fingerprint density at radius 1 is 1.38 bits per heavy atom. The van der Waals surface area contributed by atoms with Crippen LogP contribution in [0.3, 0.4) is 0 Å². The Morgan fingerprint density at radius 2 is 2.14 bits per heavy atom. The van der Waals surface area contributed by atoms with Gasteiger partial charge >= 0.3 is 0 Å². The summed E-state index contributed by atoms with van der Waals surface area (Å²) in [6.07, 6.45) is 2.54. The van der Waals surface area contributed by atoms with Crippen molar-refractivity contribution in [3.63, 3.8) is 0 Å². The van der Waals surface area contributed by atoms with E-state index in [1.165, 1.54) is 0 Å². The van der Waals surface area contributed by atoms with Crippen molar-refractivity contribution in [2.24, 2.45) is 5.73 Å². The molecule has 3 rings (SSSR count). The molecule has 1 saturated heterocycles. The van der Waals surface area contributed by atoms with E-state index >= 15 is 0 Å². The van der Waals surface area contributed by atoms with Crippen LogP contribution >= 0.6 is 0 Å². The van der Waals surface area contributed by atoms with E-state index in [1.54, 1.807) is 6.07 Å². The van der Waals surface area contributed by atoms with Crippen LogP contribution in [-0.2, 0) is 22.5 Å². The van der Waals surface area contributed by atoms with E-state index in [0.29, 0.717) is 23.2 Å². The molecular weight excluding hydrogens is 270 g/mol. The Hall–Kier alpha value is -1.47. The maximum absolute atomic E-state index is 11.6. The second-order valence-electron chi connectivity index (χ2n) is 5.69. The first kappa shape index (κ1) is 14.5. The van der Waals surface area contributed by atoms with Gasteiger partial charge in [0.1, 0.15) is 0 Å². The van der Waals surface area contributed by atoms with Crippen molar-refractivity contribution in [1.29, 1.82) is 0 Å². The Morgan fingerprint density at radius 3 is 2.90 bits per heavy atom. The summed E-state index contributed by atoms with van der Waals surface area (Å²) in [5.74, 6) is -0.449. The molecule has 2 heterocycles. The molecule has 1 amide bonds. The van der Waals surface area contributed by atoms with Crippen molar-refractivity contribution in [1.82, 2.24) is 5.32 Å². The molecule has 0 spiro atoms. The van der Waals surface area contributed by atoms with Crippen molar-refractivity contribution >= 4 is 11.6 Å². The number of hydrogen-bond donors (Lipinski definition) is 3. The molecule has 1 aromatic carbocycles. The summed E-state index contributed by atoms with van der Waals surface area (Å²) in [7, 11) is 0. The molecule has 21 heavy (non-hydrogen) atoms. The lowest BCUT2D eigenvalue weighted by Gasteiger charge is -2.28. The summed E-state index contributed by atoms with van der Waals surface area (Å²) in [6.45, 7) is 2.41. The quantitative estimate of drug-likeness (QED) is 0.708. The van der Waals surface area contributed by atoms with Crippen LogP contribution in [0, 0.1) is 0 Å². The first-order valence-electron chi connectivity index (χ1n) is 7.36. The summed E-state index contributed by atoms with van der Waals surface area (Å²) in [6, 6.07) is 5.55. The smallest absolute Gasteiger partial charge is 0.267 e. The van der Waals surface area contributed by atoms with E-state index in [1.807, 2.05) is 12.1 Å². The highest BCUT2D eigenvalue weighted by atomic mass is 16.5. The predicted molar refractivity (Wildman–Crippen MR) is 78.1 cm³/mol. The molecule has 0 aliphatic carbocycles. The fourth-order valence-corrected chi connectivity index (χ4v) is 2.88. The lowest BCUT2D eigenvalue weighted by Crippen LogP contribution is -2.47. The van der Waals surface area contributed by atoms with Crippen LogP contribution in [-0.4, -0.2) is 36.4 Å². The highest BCUT2D eigenvalue weighted by Crippen LogP contribution is 2.27. The summed E-state index contributed by atoms with van der Waals surface area (Å²) in [4.78, 5) is 11.6. The average Bonchev–Trinajstić information content (AvgIpc) is 2.51. The molecule has 0 unspecified atom stereocenters. The fraction of sp³-hybridized carbons (Fsp3) is 0.533. The number of nitrogens with zero attached hydrogens (tertiary/aromatic N) is 1. The van der Waals surface area contributed by atoms with Gasteiger partial charge in [0, 0.05) is 25.8 Å². The molecule has 2 aliphatic heterocycles. The normalized spacial score (nSPS) is 23.2. The summed E-state index contributed by atoms with van der Waals surface area (Å²) < 4.78 is 5.34. The molecule has 0 aromatic heterocycles. The van der Waals surface area contributed by atoms with E-state index in [9.17, 15) is 10.0 Å². The Kier molecular flexibility index (Phi) is 4.21. The number of ether oxygens (including phenoxy) is 1. The highest BCUT2D eigenvalue weighted by molar-refractivity contribution is 5.98. The van der Waals surface area contributed by atoms with Gasteiger partial charge in [-0.15, -0.1) is 0 Å². The van der Waals surface area contributed by atoms with E-state index in [-0.39, 0.29) is 0 Å². The lowest BCUT2D eigenvalue weighted by molar-refractivity contribution is -0.125. The van der Waals surface area contributed by atoms with Crippen LogP contribution in [0.4, 0.5) is 5.69 Å². The molecular formula is C15H21N3O3. The maximum atomic E-state index is 11.6. The molecule has 114 valence electrons. The number of benzene rings is 1. The van der Waals surface area contributed by atoms with E-state index in [2.05, 4.69) is 5.32 Å². The lowest BCUT2D eigenvalue weighted by atomic mass is 9.97. The van der Waals surface area contributed by atoms with Gasteiger partial charge in [-0.3, -0.25) is 10.0 Å². The van der Waals surface area contributed by atoms with Crippen molar-refractivity contribution in [3.8, 4) is 0 Å². The Balaban J connectivity index is 1.68. The second kappa shape index (κ2) is 6.11. The SMILES string of the molecule is N[C@H]1Cc2cc(CNC3CCOCC3)ccc2N(O)C1=O. The van der Waals surface area contributed by atoms with Gasteiger partial charge in [0.05, 0.1) is 11.7 Å². The maximum Gasteiger partial charge on any atom is 0.267 e. The number of carbonyl (C=O) groups is 1. The molecule has 6 heteroatoms.